The van der Waals surface area contributed by atoms with Crippen LogP contribution in [0.1, 0.15) is 30.6 Å². The van der Waals surface area contributed by atoms with E-state index in [9.17, 15) is 0 Å². The fourth-order valence-electron chi connectivity index (χ4n) is 2.61. The predicted molar refractivity (Wildman–Crippen MR) is 84.6 cm³/mol. The molecule has 1 atom stereocenters. The first-order valence-corrected chi connectivity index (χ1v) is 7.47. The lowest BCUT2D eigenvalue weighted by molar-refractivity contribution is 0.542. The highest BCUT2D eigenvalue weighted by molar-refractivity contribution is 6.31. The van der Waals surface area contributed by atoms with E-state index >= 15 is 0 Å². The largest absolute Gasteiger partial charge is 0.464 e. The maximum atomic E-state index is 6.33. The second-order valence-electron chi connectivity index (χ2n) is 5.08. The van der Waals surface area contributed by atoms with Crippen LogP contribution in [0.2, 0.25) is 5.02 Å². The molecule has 0 bridgehead atoms. The number of nitrogens with zero attached hydrogens (tertiary/aromatic N) is 2. The number of para-hydroxylation sites is 1. The van der Waals surface area contributed by atoms with Crippen LogP contribution in [0.15, 0.2) is 41.1 Å². The van der Waals surface area contributed by atoms with E-state index in [1.54, 1.807) is 12.5 Å². The van der Waals surface area contributed by atoms with Crippen molar-refractivity contribution in [2.24, 2.45) is 7.05 Å². The Morgan fingerprint density at radius 2 is 2.19 bits per heavy atom. The van der Waals surface area contributed by atoms with E-state index in [1.165, 1.54) is 0 Å². The first-order chi connectivity index (χ1) is 10.2. The highest BCUT2D eigenvalue weighted by atomic mass is 35.5. The van der Waals surface area contributed by atoms with Gasteiger partial charge < -0.3 is 9.73 Å². The fraction of sp³-hybridized carbons (Fsp3) is 0.312. The van der Waals surface area contributed by atoms with Crippen molar-refractivity contribution in [3.8, 4) is 0 Å². The van der Waals surface area contributed by atoms with Gasteiger partial charge in [-0.25, -0.2) is 0 Å². The van der Waals surface area contributed by atoms with Gasteiger partial charge >= 0.3 is 0 Å². The monoisotopic (exact) mass is 303 g/mol. The predicted octanol–water partition coefficient (Wildman–Crippen LogP) is 3.91. The van der Waals surface area contributed by atoms with Gasteiger partial charge in [-0.2, -0.15) is 5.10 Å². The van der Waals surface area contributed by atoms with E-state index < -0.39 is 0 Å². The minimum atomic E-state index is -0.0337. The molecule has 2 heterocycles. The average molecular weight is 304 g/mol. The van der Waals surface area contributed by atoms with E-state index in [-0.39, 0.29) is 6.04 Å². The summed E-state index contributed by atoms with van der Waals surface area (Å²) in [5.74, 6) is 0. The number of aryl methyl sites for hydroxylation is 1. The summed E-state index contributed by atoms with van der Waals surface area (Å²) in [5.41, 5.74) is 2.93. The zero-order valence-corrected chi connectivity index (χ0v) is 12.9. The van der Waals surface area contributed by atoms with Crippen molar-refractivity contribution in [2.45, 2.75) is 19.4 Å². The minimum Gasteiger partial charge on any atom is -0.464 e. The number of rotatable bonds is 5. The molecule has 2 aromatic heterocycles. The Labute approximate surface area is 128 Å². The molecule has 1 unspecified atom stereocenters. The molecule has 21 heavy (non-hydrogen) atoms. The number of benzene rings is 1. The van der Waals surface area contributed by atoms with Crippen LogP contribution >= 0.6 is 11.6 Å². The van der Waals surface area contributed by atoms with Crippen molar-refractivity contribution in [2.75, 3.05) is 6.54 Å². The molecule has 1 N–H and O–H groups in total. The molecular weight excluding hydrogens is 286 g/mol. The molecule has 3 aromatic rings. The molecule has 1 aromatic carbocycles. The Kier molecular flexibility index (Phi) is 3.99. The summed E-state index contributed by atoms with van der Waals surface area (Å²) in [6.07, 6.45) is 4.53. The molecule has 0 amide bonds. The third-order valence-corrected chi connectivity index (χ3v) is 3.92. The summed E-state index contributed by atoms with van der Waals surface area (Å²) in [6.45, 7) is 3.04. The summed E-state index contributed by atoms with van der Waals surface area (Å²) in [4.78, 5) is 0. The third-order valence-electron chi connectivity index (χ3n) is 3.63. The number of hydrogen-bond acceptors (Lipinski definition) is 3. The molecule has 0 fully saturated rings. The Bertz CT molecular complexity index is 727. The SMILES string of the molecule is CCCNC(c1coc2ccccc12)c1c(Cl)cnn1C. The quantitative estimate of drug-likeness (QED) is 0.777. The normalized spacial score (nSPS) is 12.9. The Morgan fingerprint density at radius 3 is 2.90 bits per heavy atom. The Hall–Kier alpha value is -1.78. The van der Waals surface area contributed by atoms with E-state index in [0.717, 1.165) is 35.2 Å². The first kappa shape index (κ1) is 14.2. The van der Waals surface area contributed by atoms with Crippen molar-refractivity contribution >= 4 is 22.6 Å². The van der Waals surface area contributed by atoms with Crippen LogP contribution < -0.4 is 5.32 Å². The number of halogens is 1. The van der Waals surface area contributed by atoms with Crippen LogP contribution in [0.5, 0.6) is 0 Å². The van der Waals surface area contributed by atoms with Crippen molar-refractivity contribution in [1.29, 1.82) is 0 Å². The number of fused-ring (bicyclic) bond motifs is 1. The summed E-state index contributed by atoms with van der Waals surface area (Å²) < 4.78 is 7.49. The lowest BCUT2D eigenvalue weighted by Gasteiger charge is -2.18. The van der Waals surface area contributed by atoms with Crippen molar-refractivity contribution in [1.82, 2.24) is 15.1 Å². The molecule has 0 saturated heterocycles. The third kappa shape index (κ3) is 2.57. The summed E-state index contributed by atoms with van der Waals surface area (Å²) in [7, 11) is 1.91. The van der Waals surface area contributed by atoms with Crippen LogP contribution in [0.25, 0.3) is 11.0 Å². The van der Waals surface area contributed by atoms with Gasteiger partial charge in [0.05, 0.1) is 29.2 Å². The van der Waals surface area contributed by atoms with Gasteiger partial charge in [-0.1, -0.05) is 36.7 Å². The molecule has 3 rings (SSSR count). The molecule has 110 valence electrons. The van der Waals surface area contributed by atoms with Gasteiger partial charge in [-0.05, 0) is 19.0 Å². The molecule has 0 aliphatic heterocycles. The minimum absolute atomic E-state index is 0.0337. The molecule has 4 nitrogen and oxygen atoms in total. The molecule has 0 radical (unpaired) electrons. The molecule has 0 aliphatic carbocycles. The summed E-state index contributed by atoms with van der Waals surface area (Å²) >= 11 is 6.33. The van der Waals surface area contributed by atoms with E-state index in [2.05, 4.69) is 23.4 Å². The van der Waals surface area contributed by atoms with E-state index in [0.29, 0.717) is 5.02 Å². The molecule has 5 heteroatoms. The molecule has 0 saturated carbocycles. The van der Waals surface area contributed by atoms with Gasteiger partial charge in [0.1, 0.15) is 5.58 Å². The number of hydrogen-bond donors (Lipinski definition) is 1. The van der Waals surface area contributed by atoms with Crippen LogP contribution in [-0.2, 0) is 7.05 Å². The Morgan fingerprint density at radius 1 is 1.38 bits per heavy atom. The zero-order valence-electron chi connectivity index (χ0n) is 12.1. The lowest BCUT2D eigenvalue weighted by atomic mass is 10.0. The maximum Gasteiger partial charge on any atom is 0.134 e. The number of nitrogens with one attached hydrogen (secondary N) is 1. The summed E-state index contributed by atoms with van der Waals surface area (Å²) in [6, 6.07) is 8.00. The molecular formula is C16H18ClN3O. The first-order valence-electron chi connectivity index (χ1n) is 7.09. The second kappa shape index (κ2) is 5.92. The lowest BCUT2D eigenvalue weighted by Crippen LogP contribution is -2.25. The zero-order chi connectivity index (χ0) is 14.8. The van der Waals surface area contributed by atoms with E-state index in [4.69, 9.17) is 16.0 Å². The van der Waals surface area contributed by atoms with E-state index in [1.807, 2.05) is 29.9 Å². The smallest absolute Gasteiger partial charge is 0.134 e. The summed E-state index contributed by atoms with van der Waals surface area (Å²) in [5, 5.41) is 9.56. The average Bonchev–Trinajstić information content (AvgIpc) is 3.06. The van der Waals surface area contributed by atoms with Gasteiger partial charge in [-0.3, -0.25) is 4.68 Å². The number of furan rings is 1. The highest BCUT2D eigenvalue weighted by Gasteiger charge is 2.23. The van der Waals surface area contributed by atoms with Gasteiger partial charge in [0.25, 0.3) is 0 Å². The molecule has 0 aliphatic rings. The van der Waals surface area contributed by atoms with Gasteiger partial charge in [0.2, 0.25) is 0 Å². The fourth-order valence-corrected chi connectivity index (χ4v) is 2.88. The van der Waals surface area contributed by atoms with Crippen LogP contribution in [0.4, 0.5) is 0 Å². The van der Waals surface area contributed by atoms with Gasteiger partial charge in [-0.15, -0.1) is 0 Å². The van der Waals surface area contributed by atoms with Crippen molar-refractivity contribution in [3.63, 3.8) is 0 Å². The Balaban J connectivity index is 2.11. The van der Waals surface area contributed by atoms with Crippen molar-refractivity contribution in [3.05, 3.63) is 53.0 Å². The molecule has 0 spiro atoms. The van der Waals surface area contributed by atoms with Crippen LogP contribution in [-0.4, -0.2) is 16.3 Å². The van der Waals surface area contributed by atoms with Gasteiger partial charge in [0, 0.05) is 18.0 Å². The second-order valence-corrected chi connectivity index (χ2v) is 5.48. The van der Waals surface area contributed by atoms with Crippen molar-refractivity contribution < 1.29 is 4.42 Å². The topological polar surface area (TPSA) is 43.0 Å². The van der Waals surface area contributed by atoms with Gasteiger partial charge in [0.15, 0.2) is 0 Å². The number of aromatic nitrogens is 2. The standard InChI is InChI=1S/C16H18ClN3O/c1-3-8-18-15(16-13(17)9-19-20(16)2)12-10-21-14-7-5-4-6-11(12)14/h4-7,9-10,15,18H,3,8H2,1-2H3. The van der Waals surface area contributed by atoms with Crippen LogP contribution in [0.3, 0.4) is 0 Å². The van der Waals surface area contributed by atoms with Crippen LogP contribution in [0, 0.1) is 0 Å². The maximum absolute atomic E-state index is 6.33. The highest BCUT2D eigenvalue weighted by Crippen LogP contribution is 2.33.